The van der Waals surface area contributed by atoms with Crippen molar-refractivity contribution in [1.29, 1.82) is 5.26 Å². The summed E-state index contributed by atoms with van der Waals surface area (Å²) in [6, 6.07) is 3.33. The lowest BCUT2D eigenvalue weighted by molar-refractivity contribution is -0.139. The third-order valence-corrected chi connectivity index (χ3v) is 2.30. The van der Waals surface area contributed by atoms with Crippen LogP contribution in [0.4, 0.5) is 13.2 Å². The third-order valence-electron chi connectivity index (χ3n) is 2.30. The highest BCUT2D eigenvalue weighted by Gasteiger charge is 2.38. The summed E-state index contributed by atoms with van der Waals surface area (Å²) in [5.41, 5.74) is -2.72. The van der Waals surface area contributed by atoms with Gasteiger partial charge in [-0.2, -0.15) is 18.4 Å². The highest BCUT2D eigenvalue weighted by molar-refractivity contribution is 5.92. The van der Waals surface area contributed by atoms with Gasteiger partial charge in [0, 0.05) is 0 Å². The van der Waals surface area contributed by atoms with Crippen molar-refractivity contribution in [2.45, 2.75) is 19.7 Å². The Hall–Kier alpha value is -2.07. The van der Waals surface area contributed by atoms with Crippen molar-refractivity contribution in [3.8, 4) is 6.07 Å². The minimum absolute atomic E-state index is 0.0959. The van der Waals surface area contributed by atoms with Crippen LogP contribution in [0.5, 0.6) is 0 Å². The van der Waals surface area contributed by atoms with Crippen LogP contribution in [0.3, 0.4) is 0 Å². The maximum Gasteiger partial charge on any atom is 0.417 e. The number of hydrogen-bond donors (Lipinski definition) is 1. The fourth-order valence-electron chi connectivity index (χ4n) is 1.60. The molecule has 1 rings (SSSR count). The van der Waals surface area contributed by atoms with E-state index in [-0.39, 0.29) is 12.2 Å². The van der Waals surface area contributed by atoms with Crippen molar-refractivity contribution in [2.24, 2.45) is 0 Å². The molecular weight excluding hydrogens is 263 g/mol. The van der Waals surface area contributed by atoms with E-state index in [2.05, 4.69) is 4.74 Å². The topological polar surface area (TPSA) is 70.3 Å². The normalized spacial score (nSPS) is 10.9. The number of carbonyl (C=O) groups excluding carboxylic acids is 1. The predicted octanol–water partition coefficient (Wildman–Crippen LogP) is 2.25. The summed E-state index contributed by atoms with van der Waals surface area (Å²) >= 11 is 0. The van der Waals surface area contributed by atoms with E-state index >= 15 is 0 Å². The molecule has 0 aliphatic carbocycles. The van der Waals surface area contributed by atoms with Crippen molar-refractivity contribution < 1.29 is 27.8 Å². The number of hydrogen-bond acceptors (Lipinski definition) is 4. The summed E-state index contributed by atoms with van der Waals surface area (Å²) in [4.78, 5) is 11.5. The van der Waals surface area contributed by atoms with Gasteiger partial charge < -0.3 is 9.84 Å². The summed E-state index contributed by atoms with van der Waals surface area (Å²) in [7, 11) is 0. The van der Waals surface area contributed by atoms with E-state index in [4.69, 9.17) is 10.4 Å². The van der Waals surface area contributed by atoms with Gasteiger partial charge in [0.25, 0.3) is 0 Å². The summed E-state index contributed by atoms with van der Waals surface area (Å²) in [5, 5.41) is 17.7. The Kier molecular flexibility index (Phi) is 4.51. The van der Waals surface area contributed by atoms with E-state index in [9.17, 15) is 18.0 Å². The summed E-state index contributed by atoms with van der Waals surface area (Å²) < 4.78 is 43.3. The van der Waals surface area contributed by atoms with Crippen LogP contribution in [0.15, 0.2) is 12.1 Å². The Balaban J connectivity index is 3.57. The number of nitrogens with zero attached hydrogens (tertiary/aromatic N) is 1. The third kappa shape index (κ3) is 3.23. The SMILES string of the molecule is CCOC(=O)c1cc(C#N)cc(CO)c1C(F)(F)F. The van der Waals surface area contributed by atoms with Gasteiger partial charge in [-0.15, -0.1) is 0 Å². The van der Waals surface area contributed by atoms with Crippen molar-refractivity contribution in [1.82, 2.24) is 0 Å². The molecule has 0 heterocycles. The van der Waals surface area contributed by atoms with Crippen molar-refractivity contribution in [2.75, 3.05) is 6.61 Å². The number of aliphatic hydroxyl groups is 1. The molecule has 0 saturated heterocycles. The number of rotatable bonds is 3. The molecule has 0 fully saturated rings. The minimum atomic E-state index is -4.83. The summed E-state index contributed by atoms with van der Waals surface area (Å²) in [6.45, 7) is 0.421. The first-order valence-corrected chi connectivity index (χ1v) is 5.27. The number of esters is 1. The van der Waals surface area contributed by atoms with Gasteiger partial charge in [0.1, 0.15) is 0 Å². The van der Waals surface area contributed by atoms with Crippen molar-refractivity contribution in [3.05, 3.63) is 34.4 Å². The van der Waals surface area contributed by atoms with Crippen LogP contribution in [0.1, 0.15) is 34.0 Å². The zero-order valence-electron chi connectivity index (χ0n) is 9.91. The van der Waals surface area contributed by atoms with Gasteiger partial charge in [-0.1, -0.05) is 0 Å². The first-order valence-electron chi connectivity index (χ1n) is 5.27. The fraction of sp³-hybridized carbons (Fsp3) is 0.333. The van der Waals surface area contributed by atoms with E-state index in [1.54, 1.807) is 6.07 Å². The standard InChI is InChI=1S/C12H10F3NO3/c1-2-19-11(18)9-4-7(5-16)3-8(6-17)10(9)12(13,14)15/h3-4,17H,2,6H2,1H3. The molecule has 7 heteroatoms. The Morgan fingerprint density at radius 1 is 1.47 bits per heavy atom. The number of nitriles is 1. The number of halogens is 3. The van der Waals surface area contributed by atoms with E-state index in [0.717, 1.165) is 12.1 Å². The Morgan fingerprint density at radius 3 is 2.53 bits per heavy atom. The molecule has 19 heavy (non-hydrogen) atoms. The maximum atomic E-state index is 12.9. The number of aliphatic hydroxyl groups excluding tert-OH is 1. The maximum absolute atomic E-state index is 12.9. The van der Waals surface area contributed by atoms with Crippen LogP contribution < -0.4 is 0 Å². The van der Waals surface area contributed by atoms with E-state index in [0.29, 0.717) is 0 Å². The average Bonchev–Trinajstić information content (AvgIpc) is 2.36. The van der Waals surface area contributed by atoms with Crippen LogP contribution in [0.25, 0.3) is 0 Å². The minimum Gasteiger partial charge on any atom is -0.462 e. The molecule has 0 amide bonds. The van der Waals surface area contributed by atoms with Crippen molar-refractivity contribution in [3.63, 3.8) is 0 Å². The second-order valence-corrected chi connectivity index (χ2v) is 3.55. The average molecular weight is 273 g/mol. The lowest BCUT2D eigenvalue weighted by Gasteiger charge is -2.16. The van der Waals surface area contributed by atoms with Gasteiger partial charge in [0.2, 0.25) is 0 Å². The van der Waals surface area contributed by atoms with Crippen LogP contribution in [0.2, 0.25) is 0 Å². The van der Waals surface area contributed by atoms with Crippen LogP contribution in [0, 0.1) is 11.3 Å². The zero-order chi connectivity index (χ0) is 14.6. The molecular formula is C12H10F3NO3. The number of alkyl halides is 3. The van der Waals surface area contributed by atoms with Crippen LogP contribution in [-0.4, -0.2) is 17.7 Å². The summed E-state index contributed by atoms with van der Waals surface area (Å²) in [6.07, 6.45) is -4.83. The second kappa shape index (κ2) is 5.71. The predicted molar refractivity (Wildman–Crippen MR) is 58.0 cm³/mol. The number of ether oxygens (including phenoxy) is 1. The molecule has 4 nitrogen and oxygen atoms in total. The monoisotopic (exact) mass is 273 g/mol. The van der Waals surface area contributed by atoms with Gasteiger partial charge in [-0.3, -0.25) is 0 Å². The van der Waals surface area contributed by atoms with Gasteiger partial charge in [0.05, 0.1) is 36.0 Å². The number of benzene rings is 1. The Bertz CT molecular complexity index is 532. The van der Waals surface area contributed by atoms with Crippen molar-refractivity contribution >= 4 is 5.97 Å². The molecule has 0 aliphatic heterocycles. The Labute approximate surface area is 107 Å². The van der Waals surface area contributed by atoms with Gasteiger partial charge in [0.15, 0.2) is 0 Å². The van der Waals surface area contributed by atoms with Gasteiger partial charge in [-0.05, 0) is 24.6 Å². The van der Waals surface area contributed by atoms with E-state index in [1.165, 1.54) is 6.92 Å². The zero-order valence-corrected chi connectivity index (χ0v) is 9.91. The van der Waals surface area contributed by atoms with Crippen LogP contribution in [-0.2, 0) is 17.5 Å². The lowest BCUT2D eigenvalue weighted by atomic mass is 9.97. The quantitative estimate of drug-likeness (QED) is 0.857. The first kappa shape index (κ1) is 15.0. The van der Waals surface area contributed by atoms with Crippen LogP contribution >= 0.6 is 0 Å². The molecule has 0 saturated carbocycles. The number of carbonyl (C=O) groups is 1. The molecule has 1 N–H and O–H groups in total. The lowest BCUT2D eigenvalue weighted by Crippen LogP contribution is -2.18. The molecule has 0 atom stereocenters. The smallest absolute Gasteiger partial charge is 0.417 e. The second-order valence-electron chi connectivity index (χ2n) is 3.55. The van der Waals surface area contributed by atoms with Gasteiger partial charge >= 0.3 is 12.1 Å². The van der Waals surface area contributed by atoms with E-state index in [1.807, 2.05) is 0 Å². The molecule has 0 bridgehead atoms. The molecule has 0 aliphatic rings. The fourth-order valence-corrected chi connectivity index (χ4v) is 1.60. The molecule has 0 spiro atoms. The molecule has 1 aromatic carbocycles. The molecule has 0 radical (unpaired) electrons. The first-order chi connectivity index (χ1) is 8.85. The molecule has 1 aromatic rings. The molecule has 102 valence electrons. The highest BCUT2D eigenvalue weighted by atomic mass is 19.4. The Morgan fingerprint density at radius 2 is 2.11 bits per heavy atom. The molecule has 0 aromatic heterocycles. The summed E-state index contributed by atoms with van der Waals surface area (Å²) in [5.74, 6) is -1.18. The van der Waals surface area contributed by atoms with Gasteiger partial charge in [-0.25, -0.2) is 4.79 Å². The molecule has 0 unspecified atom stereocenters. The van der Waals surface area contributed by atoms with E-state index < -0.39 is 35.4 Å². The largest absolute Gasteiger partial charge is 0.462 e. The highest BCUT2D eigenvalue weighted by Crippen LogP contribution is 2.36.